The van der Waals surface area contributed by atoms with Crippen molar-refractivity contribution in [2.24, 2.45) is 0 Å². The van der Waals surface area contributed by atoms with E-state index in [1.54, 1.807) is 0 Å². The Morgan fingerprint density at radius 2 is 1.44 bits per heavy atom. The van der Waals surface area contributed by atoms with Gasteiger partial charge in [-0.05, 0) is 36.6 Å². The third kappa shape index (κ3) is 8.58. The molecule has 1 aromatic rings. The van der Waals surface area contributed by atoms with Gasteiger partial charge in [0.25, 0.3) is 0 Å². The van der Waals surface area contributed by atoms with E-state index in [-0.39, 0.29) is 0 Å². The third-order valence-corrected chi connectivity index (χ3v) is 3.38. The predicted octanol–water partition coefficient (Wildman–Crippen LogP) is 6.58. The lowest BCUT2D eigenvalue weighted by Gasteiger charge is -2.01. The summed E-state index contributed by atoms with van der Waals surface area (Å²) in [5.74, 6) is 0. The first-order chi connectivity index (χ1) is 8.65. The van der Waals surface area contributed by atoms with Gasteiger partial charge in [0.15, 0.2) is 0 Å². The number of hydrogen-bond acceptors (Lipinski definition) is 0. The maximum Gasteiger partial charge on any atom is 0.0408 e. The fourth-order valence-corrected chi connectivity index (χ4v) is 2.07. The Hall–Kier alpha value is -0.490. The molecule has 0 unspecified atom stereocenters. The number of aryl methyl sites for hydroxylation is 2. The van der Waals surface area contributed by atoms with Crippen molar-refractivity contribution in [3.05, 3.63) is 34.3 Å². The minimum absolute atomic E-state index is 0.836. The highest BCUT2D eigenvalue weighted by Gasteiger charge is 1.94. The predicted molar refractivity (Wildman–Crippen MR) is 84.6 cm³/mol. The average Bonchev–Trinajstić information content (AvgIpc) is 2.38. The first-order valence-electron chi connectivity index (χ1n) is 7.40. The molecule has 0 spiro atoms. The first kappa shape index (κ1) is 17.5. The van der Waals surface area contributed by atoms with E-state index < -0.39 is 0 Å². The number of unbranched alkanes of at least 4 members (excludes halogenated alkanes) is 5. The number of benzene rings is 1. The van der Waals surface area contributed by atoms with Gasteiger partial charge in [0.1, 0.15) is 0 Å². The maximum absolute atomic E-state index is 5.80. The SMILES string of the molecule is CCCCCCCC.CCc1cc(Cl)ccc1C. The van der Waals surface area contributed by atoms with E-state index in [2.05, 4.69) is 33.8 Å². The Labute approximate surface area is 119 Å². The van der Waals surface area contributed by atoms with Gasteiger partial charge < -0.3 is 0 Å². The van der Waals surface area contributed by atoms with Crippen molar-refractivity contribution in [3.63, 3.8) is 0 Å². The first-order valence-corrected chi connectivity index (χ1v) is 7.78. The molecule has 1 rings (SSSR count). The summed E-state index contributed by atoms with van der Waals surface area (Å²) in [6.07, 6.45) is 9.55. The highest BCUT2D eigenvalue weighted by Crippen LogP contribution is 2.15. The van der Waals surface area contributed by atoms with Gasteiger partial charge in [0, 0.05) is 5.02 Å². The highest BCUT2D eigenvalue weighted by atomic mass is 35.5. The summed E-state index contributed by atoms with van der Waals surface area (Å²) in [5, 5.41) is 0.836. The van der Waals surface area contributed by atoms with Crippen molar-refractivity contribution in [2.75, 3.05) is 0 Å². The fraction of sp³-hybridized carbons (Fsp3) is 0.647. The van der Waals surface area contributed by atoms with Crippen molar-refractivity contribution >= 4 is 11.6 Å². The molecule has 18 heavy (non-hydrogen) atoms. The van der Waals surface area contributed by atoms with Gasteiger partial charge in [-0.1, -0.05) is 77.0 Å². The Bertz CT molecular complexity index is 298. The van der Waals surface area contributed by atoms with Gasteiger partial charge in [-0.25, -0.2) is 0 Å². The van der Waals surface area contributed by atoms with Crippen LogP contribution >= 0.6 is 11.6 Å². The van der Waals surface area contributed by atoms with Crippen LogP contribution in [0.5, 0.6) is 0 Å². The van der Waals surface area contributed by atoms with Crippen LogP contribution in [0.3, 0.4) is 0 Å². The van der Waals surface area contributed by atoms with Gasteiger partial charge >= 0.3 is 0 Å². The molecule has 0 saturated carbocycles. The molecule has 0 fully saturated rings. The maximum atomic E-state index is 5.80. The number of hydrogen-bond donors (Lipinski definition) is 0. The standard InChI is InChI=1S/C9H11Cl.C8H18/c1-3-8-6-9(10)5-4-7(8)2;1-3-5-7-8-6-4-2/h4-6H,3H2,1-2H3;3-8H2,1-2H3. The second kappa shape index (κ2) is 11.6. The number of rotatable bonds is 6. The zero-order valence-corrected chi connectivity index (χ0v) is 13.3. The zero-order chi connectivity index (χ0) is 13.8. The lowest BCUT2D eigenvalue weighted by molar-refractivity contribution is 0.624. The van der Waals surface area contributed by atoms with Crippen LogP contribution in [0, 0.1) is 6.92 Å². The van der Waals surface area contributed by atoms with E-state index in [9.17, 15) is 0 Å². The second-order valence-corrected chi connectivity index (χ2v) is 5.28. The molecule has 104 valence electrons. The molecule has 0 atom stereocenters. The molecule has 0 saturated heterocycles. The molecule has 1 aromatic carbocycles. The van der Waals surface area contributed by atoms with E-state index in [4.69, 9.17) is 11.6 Å². The summed E-state index contributed by atoms with van der Waals surface area (Å²) in [4.78, 5) is 0. The molecule has 0 nitrogen and oxygen atoms in total. The van der Waals surface area contributed by atoms with E-state index >= 15 is 0 Å². The van der Waals surface area contributed by atoms with E-state index in [0.29, 0.717) is 0 Å². The molecule has 0 bridgehead atoms. The number of halogens is 1. The summed E-state index contributed by atoms with van der Waals surface area (Å²) in [6.45, 7) is 8.76. The van der Waals surface area contributed by atoms with Crippen molar-refractivity contribution in [2.45, 2.75) is 72.6 Å². The molecule has 0 N–H and O–H groups in total. The van der Waals surface area contributed by atoms with Crippen molar-refractivity contribution < 1.29 is 0 Å². The lowest BCUT2D eigenvalue weighted by atomic mass is 10.1. The Kier molecular flexibility index (Phi) is 11.3. The topological polar surface area (TPSA) is 0 Å². The van der Waals surface area contributed by atoms with E-state index in [1.807, 2.05) is 12.1 Å². The fourth-order valence-electron chi connectivity index (χ4n) is 1.87. The highest BCUT2D eigenvalue weighted by molar-refractivity contribution is 6.30. The molecular formula is C17H29Cl. The van der Waals surface area contributed by atoms with E-state index in [0.717, 1.165) is 11.4 Å². The zero-order valence-electron chi connectivity index (χ0n) is 12.6. The summed E-state index contributed by atoms with van der Waals surface area (Å²) >= 11 is 5.80. The van der Waals surface area contributed by atoms with Gasteiger partial charge in [-0.15, -0.1) is 0 Å². The molecule has 0 radical (unpaired) electrons. The molecule has 0 aliphatic rings. The third-order valence-electron chi connectivity index (χ3n) is 3.15. The summed E-state index contributed by atoms with van der Waals surface area (Å²) in [5.41, 5.74) is 2.67. The van der Waals surface area contributed by atoms with Gasteiger partial charge in [0.2, 0.25) is 0 Å². The van der Waals surface area contributed by atoms with Crippen LogP contribution in [-0.2, 0) is 6.42 Å². The van der Waals surface area contributed by atoms with Crippen molar-refractivity contribution in [1.29, 1.82) is 0 Å². The van der Waals surface area contributed by atoms with Gasteiger partial charge in [-0.3, -0.25) is 0 Å². The largest absolute Gasteiger partial charge is 0.0843 e. The summed E-state index contributed by atoms with van der Waals surface area (Å²) in [7, 11) is 0. The van der Waals surface area contributed by atoms with Crippen LogP contribution in [0.1, 0.15) is 70.4 Å². The lowest BCUT2D eigenvalue weighted by Crippen LogP contribution is -1.84. The van der Waals surface area contributed by atoms with Crippen molar-refractivity contribution in [3.8, 4) is 0 Å². The van der Waals surface area contributed by atoms with Crippen LogP contribution in [0.25, 0.3) is 0 Å². The average molecular weight is 269 g/mol. The van der Waals surface area contributed by atoms with Crippen LogP contribution in [0.2, 0.25) is 5.02 Å². The molecule has 0 amide bonds. The van der Waals surface area contributed by atoms with Crippen LogP contribution in [0.15, 0.2) is 18.2 Å². The molecule has 0 aromatic heterocycles. The van der Waals surface area contributed by atoms with E-state index in [1.165, 1.54) is 49.7 Å². The molecule has 0 heterocycles. The van der Waals surface area contributed by atoms with Crippen LogP contribution in [0.4, 0.5) is 0 Å². The molecule has 0 aliphatic heterocycles. The summed E-state index contributed by atoms with van der Waals surface area (Å²) < 4.78 is 0. The quantitative estimate of drug-likeness (QED) is 0.511. The summed E-state index contributed by atoms with van der Waals surface area (Å²) in [6, 6.07) is 6.01. The smallest absolute Gasteiger partial charge is 0.0408 e. The normalized spacial score (nSPS) is 9.83. The minimum atomic E-state index is 0.836. The monoisotopic (exact) mass is 268 g/mol. The second-order valence-electron chi connectivity index (χ2n) is 4.84. The Morgan fingerprint density at radius 1 is 0.889 bits per heavy atom. The molecule has 1 heteroatoms. The Morgan fingerprint density at radius 3 is 1.83 bits per heavy atom. The van der Waals surface area contributed by atoms with Crippen LogP contribution < -0.4 is 0 Å². The molecular weight excluding hydrogens is 240 g/mol. The minimum Gasteiger partial charge on any atom is -0.0843 e. The van der Waals surface area contributed by atoms with Crippen molar-refractivity contribution in [1.82, 2.24) is 0 Å². The molecule has 0 aliphatic carbocycles. The van der Waals surface area contributed by atoms with Gasteiger partial charge in [0.05, 0.1) is 0 Å². The van der Waals surface area contributed by atoms with Gasteiger partial charge in [-0.2, -0.15) is 0 Å². The Balaban J connectivity index is 0.000000331. The van der Waals surface area contributed by atoms with Crippen LogP contribution in [-0.4, -0.2) is 0 Å².